The van der Waals surface area contributed by atoms with Gasteiger partial charge in [0.25, 0.3) is 5.91 Å². The van der Waals surface area contributed by atoms with Crippen LogP contribution in [0.2, 0.25) is 5.02 Å². The van der Waals surface area contributed by atoms with Crippen molar-refractivity contribution < 1.29 is 13.2 Å². The number of carbonyl (C=O) groups excluding carboxylic acids is 1. The van der Waals surface area contributed by atoms with Crippen molar-refractivity contribution in [1.82, 2.24) is 4.31 Å². The molecule has 0 fully saturated rings. The summed E-state index contributed by atoms with van der Waals surface area (Å²) >= 11 is 5.84. The van der Waals surface area contributed by atoms with Crippen molar-refractivity contribution in [3.8, 4) is 0 Å². The molecule has 0 aromatic heterocycles. The molecule has 0 aliphatic heterocycles. The van der Waals surface area contributed by atoms with Gasteiger partial charge in [0.15, 0.2) is 0 Å². The number of aryl methyl sites for hydroxylation is 1. The van der Waals surface area contributed by atoms with Crippen LogP contribution in [-0.2, 0) is 23.0 Å². The standard InChI is InChI=1S/C23H23ClN2O3S/c1-3-18-6-4-5-7-22(18)25-23(27)19-10-8-17(9-11-19)16-26(2)30(28,29)21-14-12-20(24)13-15-21/h4-15H,3,16H2,1-2H3,(H,25,27). The zero-order valence-electron chi connectivity index (χ0n) is 16.8. The highest BCUT2D eigenvalue weighted by Gasteiger charge is 2.21. The Morgan fingerprint density at radius 2 is 1.60 bits per heavy atom. The Labute approximate surface area is 182 Å². The van der Waals surface area contributed by atoms with Crippen molar-refractivity contribution in [2.24, 2.45) is 0 Å². The van der Waals surface area contributed by atoms with Crippen LogP contribution in [0, 0.1) is 0 Å². The Balaban J connectivity index is 1.69. The molecule has 0 saturated carbocycles. The number of carbonyl (C=O) groups is 1. The van der Waals surface area contributed by atoms with Gasteiger partial charge in [-0.05, 0) is 60.0 Å². The van der Waals surface area contributed by atoms with E-state index in [1.54, 1.807) is 36.4 Å². The maximum atomic E-state index is 12.7. The Hall–Kier alpha value is -2.67. The molecular formula is C23H23ClN2O3S. The third kappa shape index (κ3) is 5.08. The highest BCUT2D eigenvalue weighted by atomic mass is 35.5. The van der Waals surface area contributed by atoms with Gasteiger partial charge in [0.1, 0.15) is 0 Å². The molecule has 0 unspecified atom stereocenters. The first-order chi connectivity index (χ1) is 14.3. The van der Waals surface area contributed by atoms with Crippen LogP contribution in [0.25, 0.3) is 0 Å². The van der Waals surface area contributed by atoms with Crippen LogP contribution < -0.4 is 5.32 Å². The number of benzene rings is 3. The van der Waals surface area contributed by atoms with Crippen molar-refractivity contribution in [1.29, 1.82) is 0 Å². The van der Waals surface area contributed by atoms with Gasteiger partial charge < -0.3 is 5.32 Å². The molecule has 0 radical (unpaired) electrons. The van der Waals surface area contributed by atoms with E-state index in [1.807, 2.05) is 31.2 Å². The molecule has 0 bridgehead atoms. The molecule has 0 spiro atoms. The van der Waals surface area contributed by atoms with Gasteiger partial charge in [-0.3, -0.25) is 4.79 Å². The summed E-state index contributed by atoms with van der Waals surface area (Å²) in [6, 6.07) is 20.7. The first-order valence-electron chi connectivity index (χ1n) is 9.51. The number of hydrogen-bond donors (Lipinski definition) is 1. The van der Waals surface area contributed by atoms with Crippen LogP contribution in [0.15, 0.2) is 77.7 Å². The van der Waals surface area contributed by atoms with E-state index in [0.717, 1.165) is 23.2 Å². The lowest BCUT2D eigenvalue weighted by Crippen LogP contribution is -2.26. The zero-order valence-corrected chi connectivity index (χ0v) is 18.4. The third-order valence-corrected chi connectivity index (χ3v) is 6.86. The molecule has 0 saturated heterocycles. The fourth-order valence-electron chi connectivity index (χ4n) is 3.04. The second-order valence-electron chi connectivity index (χ2n) is 6.88. The zero-order chi connectivity index (χ0) is 21.7. The van der Waals surface area contributed by atoms with Crippen LogP contribution in [0.5, 0.6) is 0 Å². The van der Waals surface area contributed by atoms with E-state index in [4.69, 9.17) is 11.6 Å². The second-order valence-corrected chi connectivity index (χ2v) is 9.36. The summed E-state index contributed by atoms with van der Waals surface area (Å²) in [5, 5.41) is 3.41. The Kier molecular flexibility index (Phi) is 6.92. The second kappa shape index (κ2) is 9.43. The average Bonchev–Trinajstić information content (AvgIpc) is 2.75. The van der Waals surface area contributed by atoms with Crippen LogP contribution in [0.1, 0.15) is 28.4 Å². The van der Waals surface area contributed by atoms with E-state index in [2.05, 4.69) is 5.32 Å². The fraction of sp³-hybridized carbons (Fsp3) is 0.174. The molecule has 3 aromatic rings. The number of halogens is 1. The molecule has 0 heterocycles. The maximum Gasteiger partial charge on any atom is 0.255 e. The maximum absolute atomic E-state index is 12.7. The lowest BCUT2D eigenvalue weighted by Gasteiger charge is -2.17. The molecule has 1 N–H and O–H groups in total. The number of anilines is 1. The highest BCUT2D eigenvalue weighted by Crippen LogP contribution is 2.20. The normalized spacial score (nSPS) is 11.5. The first kappa shape index (κ1) is 22.0. The van der Waals surface area contributed by atoms with E-state index < -0.39 is 10.0 Å². The summed E-state index contributed by atoms with van der Waals surface area (Å²) in [6.45, 7) is 2.22. The molecule has 1 amide bonds. The van der Waals surface area contributed by atoms with Crippen molar-refractivity contribution in [3.05, 3.63) is 94.5 Å². The van der Waals surface area contributed by atoms with Crippen LogP contribution in [0.3, 0.4) is 0 Å². The number of sulfonamides is 1. The van der Waals surface area contributed by atoms with Crippen molar-refractivity contribution in [3.63, 3.8) is 0 Å². The molecule has 5 nitrogen and oxygen atoms in total. The number of rotatable bonds is 7. The summed E-state index contributed by atoms with van der Waals surface area (Å²) in [5.41, 5.74) is 3.15. The number of hydrogen-bond acceptors (Lipinski definition) is 3. The minimum Gasteiger partial charge on any atom is -0.322 e. The van der Waals surface area contributed by atoms with E-state index >= 15 is 0 Å². The monoisotopic (exact) mass is 442 g/mol. The fourth-order valence-corrected chi connectivity index (χ4v) is 4.32. The van der Waals surface area contributed by atoms with Gasteiger partial charge in [0.2, 0.25) is 10.0 Å². The minimum absolute atomic E-state index is 0.181. The van der Waals surface area contributed by atoms with Crippen LogP contribution >= 0.6 is 11.6 Å². The molecule has 3 rings (SSSR count). The van der Waals surface area contributed by atoms with Crippen molar-refractivity contribution in [2.45, 2.75) is 24.8 Å². The first-order valence-corrected chi connectivity index (χ1v) is 11.3. The summed E-state index contributed by atoms with van der Waals surface area (Å²) in [5.74, 6) is -0.204. The molecule has 7 heteroatoms. The summed E-state index contributed by atoms with van der Waals surface area (Å²) in [6.07, 6.45) is 0.823. The van der Waals surface area contributed by atoms with Crippen LogP contribution in [0.4, 0.5) is 5.69 Å². The quantitative estimate of drug-likeness (QED) is 0.561. The van der Waals surface area contributed by atoms with E-state index in [9.17, 15) is 13.2 Å². The lowest BCUT2D eigenvalue weighted by atomic mass is 10.1. The van der Waals surface area contributed by atoms with E-state index in [-0.39, 0.29) is 17.3 Å². The topological polar surface area (TPSA) is 66.5 Å². The number of amides is 1. The predicted octanol–water partition coefficient (Wildman–Crippen LogP) is 4.98. The molecule has 30 heavy (non-hydrogen) atoms. The van der Waals surface area contributed by atoms with Crippen LogP contribution in [-0.4, -0.2) is 25.7 Å². The molecular weight excluding hydrogens is 420 g/mol. The SMILES string of the molecule is CCc1ccccc1NC(=O)c1ccc(CN(C)S(=O)(=O)c2ccc(Cl)cc2)cc1. The van der Waals surface area contributed by atoms with E-state index in [1.165, 1.54) is 23.5 Å². The van der Waals surface area contributed by atoms with Gasteiger partial charge in [-0.2, -0.15) is 4.31 Å². The molecule has 156 valence electrons. The minimum atomic E-state index is -3.63. The Bertz CT molecular complexity index is 1130. The van der Waals surface area contributed by atoms with Crippen molar-refractivity contribution in [2.75, 3.05) is 12.4 Å². The average molecular weight is 443 g/mol. The largest absolute Gasteiger partial charge is 0.322 e. The number of nitrogens with one attached hydrogen (secondary N) is 1. The smallest absolute Gasteiger partial charge is 0.255 e. The number of para-hydroxylation sites is 1. The molecule has 3 aromatic carbocycles. The summed E-state index contributed by atoms with van der Waals surface area (Å²) in [4.78, 5) is 12.7. The summed E-state index contributed by atoms with van der Waals surface area (Å²) < 4.78 is 26.7. The highest BCUT2D eigenvalue weighted by molar-refractivity contribution is 7.89. The molecule has 0 atom stereocenters. The number of nitrogens with zero attached hydrogens (tertiary/aromatic N) is 1. The van der Waals surface area contributed by atoms with Gasteiger partial charge in [-0.15, -0.1) is 0 Å². The predicted molar refractivity (Wildman–Crippen MR) is 120 cm³/mol. The van der Waals surface area contributed by atoms with Gasteiger partial charge in [-0.1, -0.05) is 48.9 Å². The van der Waals surface area contributed by atoms with Gasteiger partial charge in [-0.25, -0.2) is 8.42 Å². The van der Waals surface area contributed by atoms with Gasteiger partial charge >= 0.3 is 0 Å². The molecule has 0 aliphatic rings. The van der Waals surface area contributed by atoms with Gasteiger partial charge in [0, 0.05) is 29.9 Å². The molecule has 0 aliphatic carbocycles. The Morgan fingerprint density at radius 1 is 0.967 bits per heavy atom. The lowest BCUT2D eigenvalue weighted by molar-refractivity contribution is 0.102. The Morgan fingerprint density at radius 3 is 2.23 bits per heavy atom. The van der Waals surface area contributed by atoms with Crippen molar-refractivity contribution >= 4 is 33.2 Å². The summed E-state index contributed by atoms with van der Waals surface area (Å²) in [7, 11) is -2.11. The third-order valence-electron chi connectivity index (χ3n) is 4.79. The van der Waals surface area contributed by atoms with Gasteiger partial charge in [0.05, 0.1) is 4.90 Å². The van der Waals surface area contributed by atoms with E-state index in [0.29, 0.717) is 10.6 Å².